The highest BCUT2D eigenvalue weighted by Gasteiger charge is 2.38. The van der Waals surface area contributed by atoms with Crippen LogP contribution >= 0.6 is 15.9 Å². The minimum Gasteiger partial charge on any atom is -0.378 e. The van der Waals surface area contributed by atoms with Gasteiger partial charge in [-0.25, -0.2) is 0 Å². The molecule has 1 aliphatic carbocycles. The Hall–Kier alpha value is 0.400. The molecule has 0 aromatic rings. The quantitative estimate of drug-likeness (QED) is 0.579. The van der Waals surface area contributed by atoms with Crippen molar-refractivity contribution in [1.29, 1.82) is 0 Å². The number of alkyl halides is 1. The number of rotatable bonds is 3. The van der Waals surface area contributed by atoms with Crippen LogP contribution in [0, 0.1) is 5.41 Å². The van der Waals surface area contributed by atoms with Gasteiger partial charge in [-0.1, -0.05) is 41.6 Å². The van der Waals surface area contributed by atoms with Gasteiger partial charge in [0.25, 0.3) is 0 Å². The Morgan fingerprint density at radius 3 is 2.33 bits per heavy atom. The molecule has 1 saturated heterocycles. The van der Waals surface area contributed by atoms with E-state index in [0.29, 0.717) is 5.41 Å². The van der Waals surface area contributed by atoms with E-state index in [1.54, 1.807) is 0 Å². The molecule has 18 heavy (non-hydrogen) atoms. The zero-order chi connectivity index (χ0) is 13.1. The molecule has 2 rings (SSSR count). The minimum atomic E-state index is 0.208. The van der Waals surface area contributed by atoms with Gasteiger partial charge in [0.15, 0.2) is 0 Å². The van der Waals surface area contributed by atoms with Crippen molar-refractivity contribution >= 4 is 15.9 Å². The fourth-order valence-electron chi connectivity index (χ4n) is 3.40. The molecule has 0 atom stereocenters. The third kappa shape index (κ3) is 3.49. The summed E-state index contributed by atoms with van der Waals surface area (Å²) in [6.07, 6.45) is 8.48. The molecule has 2 nitrogen and oxygen atoms in total. The molecular weight excluding hydrogens is 290 g/mol. The Morgan fingerprint density at radius 1 is 1.11 bits per heavy atom. The van der Waals surface area contributed by atoms with Crippen LogP contribution in [0.3, 0.4) is 0 Å². The van der Waals surface area contributed by atoms with Gasteiger partial charge in [0.2, 0.25) is 0 Å². The number of nitrogens with zero attached hydrogens (tertiary/aromatic N) is 1. The van der Waals surface area contributed by atoms with E-state index in [2.05, 4.69) is 34.7 Å². The first-order chi connectivity index (χ1) is 8.58. The first-order valence-corrected chi connectivity index (χ1v) is 8.59. The first kappa shape index (κ1) is 14.8. The zero-order valence-electron chi connectivity index (χ0n) is 12.0. The van der Waals surface area contributed by atoms with Gasteiger partial charge in [-0.3, -0.25) is 4.90 Å². The summed E-state index contributed by atoms with van der Waals surface area (Å²) in [5, 5.41) is 1.16. The van der Waals surface area contributed by atoms with E-state index in [9.17, 15) is 0 Å². The van der Waals surface area contributed by atoms with Crippen LogP contribution < -0.4 is 0 Å². The minimum absolute atomic E-state index is 0.208. The molecule has 0 spiro atoms. The van der Waals surface area contributed by atoms with Gasteiger partial charge in [0.05, 0.1) is 13.2 Å². The van der Waals surface area contributed by atoms with Crippen LogP contribution in [0.4, 0.5) is 0 Å². The molecule has 0 N–H and O–H groups in total. The van der Waals surface area contributed by atoms with Crippen LogP contribution in [0.15, 0.2) is 0 Å². The average molecular weight is 318 g/mol. The lowest BCUT2D eigenvalue weighted by Gasteiger charge is -2.47. The molecule has 0 unspecified atom stereocenters. The standard InChI is InChI=1S/C15H28BrNO/c1-14(2)13-18-10-9-17(14)12-15(11-16)7-5-3-4-6-8-15/h3-13H2,1-2H3. The third-order valence-corrected chi connectivity index (χ3v) is 5.98. The van der Waals surface area contributed by atoms with Gasteiger partial charge in [-0.2, -0.15) is 0 Å². The van der Waals surface area contributed by atoms with Crippen molar-refractivity contribution in [1.82, 2.24) is 4.90 Å². The molecule has 0 aromatic carbocycles. The smallest absolute Gasteiger partial charge is 0.0645 e. The Morgan fingerprint density at radius 2 is 1.78 bits per heavy atom. The fraction of sp³-hybridized carbons (Fsp3) is 1.00. The molecule has 106 valence electrons. The van der Waals surface area contributed by atoms with E-state index < -0.39 is 0 Å². The predicted molar refractivity (Wildman–Crippen MR) is 80.4 cm³/mol. The summed E-state index contributed by atoms with van der Waals surface area (Å²) in [6, 6.07) is 0. The summed E-state index contributed by atoms with van der Waals surface area (Å²) in [6.45, 7) is 8.78. The van der Waals surface area contributed by atoms with Gasteiger partial charge in [-0.05, 0) is 32.1 Å². The highest BCUT2D eigenvalue weighted by Crippen LogP contribution is 2.39. The lowest BCUT2D eigenvalue weighted by atomic mass is 9.80. The second-order valence-electron chi connectivity index (χ2n) is 6.83. The lowest BCUT2D eigenvalue weighted by Crippen LogP contribution is -2.56. The SMILES string of the molecule is CC1(C)COCCN1CC1(CBr)CCCCCC1. The van der Waals surface area contributed by atoms with E-state index in [4.69, 9.17) is 4.74 Å². The van der Waals surface area contributed by atoms with Crippen LogP contribution in [-0.2, 0) is 4.74 Å². The molecule has 0 radical (unpaired) electrons. The maximum absolute atomic E-state index is 5.64. The Bertz CT molecular complexity index is 259. The van der Waals surface area contributed by atoms with Gasteiger partial charge in [-0.15, -0.1) is 0 Å². The molecule has 1 saturated carbocycles. The van der Waals surface area contributed by atoms with Crippen LogP contribution in [0.5, 0.6) is 0 Å². The van der Waals surface area contributed by atoms with Crippen molar-refractivity contribution in [2.24, 2.45) is 5.41 Å². The highest BCUT2D eigenvalue weighted by atomic mass is 79.9. The maximum atomic E-state index is 5.64. The summed E-state index contributed by atoms with van der Waals surface area (Å²) in [4.78, 5) is 2.67. The Balaban J connectivity index is 2.03. The van der Waals surface area contributed by atoms with Crippen LogP contribution in [0.25, 0.3) is 0 Å². The van der Waals surface area contributed by atoms with E-state index in [-0.39, 0.29) is 5.54 Å². The topological polar surface area (TPSA) is 12.5 Å². The number of morpholine rings is 1. The molecular formula is C15H28BrNO. The van der Waals surface area contributed by atoms with Crippen molar-refractivity contribution in [3.8, 4) is 0 Å². The summed E-state index contributed by atoms with van der Waals surface area (Å²) < 4.78 is 5.64. The number of ether oxygens (including phenoxy) is 1. The van der Waals surface area contributed by atoms with Crippen LogP contribution in [0.2, 0.25) is 0 Å². The highest BCUT2D eigenvalue weighted by molar-refractivity contribution is 9.09. The van der Waals surface area contributed by atoms with Crippen molar-refractivity contribution in [3.63, 3.8) is 0 Å². The van der Waals surface area contributed by atoms with E-state index >= 15 is 0 Å². The lowest BCUT2D eigenvalue weighted by molar-refractivity contribution is -0.0673. The summed E-state index contributed by atoms with van der Waals surface area (Å²) in [5.41, 5.74) is 0.713. The molecule has 0 bridgehead atoms. The van der Waals surface area contributed by atoms with Gasteiger partial charge in [0.1, 0.15) is 0 Å². The number of hydrogen-bond donors (Lipinski definition) is 0. The normalized spacial score (nSPS) is 28.8. The van der Waals surface area contributed by atoms with E-state index in [1.165, 1.54) is 45.1 Å². The van der Waals surface area contributed by atoms with Crippen molar-refractivity contribution < 1.29 is 4.74 Å². The number of hydrogen-bond acceptors (Lipinski definition) is 2. The largest absolute Gasteiger partial charge is 0.378 e. The van der Waals surface area contributed by atoms with Crippen LogP contribution in [0.1, 0.15) is 52.4 Å². The number of halogens is 1. The molecule has 0 aromatic heterocycles. The Labute approximate surface area is 121 Å². The molecule has 1 heterocycles. The summed E-state index contributed by atoms with van der Waals surface area (Å²) in [7, 11) is 0. The maximum Gasteiger partial charge on any atom is 0.0645 e. The van der Waals surface area contributed by atoms with E-state index in [1.807, 2.05) is 0 Å². The third-order valence-electron chi connectivity index (χ3n) is 4.79. The predicted octanol–water partition coefficient (Wildman–Crippen LogP) is 3.83. The monoisotopic (exact) mass is 317 g/mol. The van der Waals surface area contributed by atoms with Crippen molar-refractivity contribution in [3.05, 3.63) is 0 Å². The van der Waals surface area contributed by atoms with Gasteiger partial charge in [0, 0.05) is 24.0 Å². The fourth-order valence-corrected chi connectivity index (χ4v) is 4.14. The molecule has 2 aliphatic rings. The second kappa shape index (κ2) is 6.23. The average Bonchev–Trinajstić information content (AvgIpc) is 2.58. The molecule has 2 fully saturated rings. The van der Waals surface area contributed by atoms with Crippen molar-refractivity contribution in [2.75, 3.05) is 31.6 Å². The van der Waals surface area contributed by atoms with Crippen LogP contribution in [-0.4, -0.2) is 42.1 Å². The molecule has 3 heteroatoms. The van der Waals surface area contributed by atoms with Gasteiger partial charge < -0.3 is 4.74 Å². The van der Waals surface area contributed by atoms with E-state index in [0.717, 1.165) is 25.1 Å². The zero-order valence-corrected chi connectivity index (χ0v) is 13.6. The summed E-state index contributed by atoms with van der Waals surface area (Å²) in [5.74, 6) is 0. The first-order valence-electron chi connectivity index (χ1n) is 7.47. The van der Waals surface area contributed by atoms with Crippen molar-refractivity contribution in [2.45, 2.75) is 57.9 Å². The second-order valence-corrected chi connectivity index (χ2v) is 7.40. The summed E-state index contributed by atoms with van der Waals surface area (Å²) >= 11 is 3.81. The Kier molecular flexibility index (Phi) is 5.13. The molecule has 1 aliphatic heterocycles. The molecule has 0 amide bonds. The van der Waals surface area contributed by atoms with Gasteiger partial charge >= 0.3 is 0 Å².